The van der Waals surface area contributed by atoms with Crippen molar-refractivity contribution in [3.63, 3.8) is 0 Å². The minimum absolute atomic E-state index is 0.0194. The second kappa shape index (κ2) is 10.3. The highest BCUT2D eigenvalue weighted by molar-refractivity contribution is 6.30. The number of amides is 1. The summed E-state index contributed by atoms with van der Waals surface area (Å²) in [6.07, 6.45) is 0.743. The molecule has 0 unspecified atom stereocenters. The van der Waals surface area contributed by atoms with Crippen LogP contribution in [0.15, 0.2) is 47.3 Å². The summed E-state index contributed by atoms with van der Waals surface area (Å²) in [4.78, 5) is 29.9. The van der Waals surface area contributed by atoms with Crippen LogP contribution in [0.1, 0.15) is 17.8 Å². The maximum Gasteiger partial charge on any atom is 0.262 e. The molecule has 4 aromatic rings. The third kappa shape index (κ3) is 4.81. The van der Waals surface area contributed by atoms with Crippen LogP contribution in [0.4, 0.5) is 5.69 Å². The molecule has 0 bridgehead atoms. The van der Waals surface area contributed by atoms with E-state index >= 15 is 0 Å². The molecule has 188 valence electrons. The number of nitrogens with zero attached hydrogens (tertiary/aromatic N) is 6. The van der Waals surface area contributed by atoms with E-state index in [1.165, 1.54) is 15.8 Å². The fourth-order valence-electron chi connectivity index (χ4n) is 4.86. The zero-order valence-corrected chi connectivity index (χ0v) is 21.3. The molecule has 5 rings (SSSR count). The monoisotopic (exact) mass is 507 g/mol. The summed E-state index contributed by atoms with van der Waals surface area (Å²) in [5.74, 6) is 1.12. The minimum Gasteiger partial charge on any atom is -0.369 e. The molecular weight excluding hydrogens is 478 g/mol. The van der Waals surface area contributed by atoms with Crippen LogP contribution in [0, 0.1) is 6.92 Å². The largest absolute Gasteiger partial charge is 0.369 e. The Morgan fingerprint density at radius 1 is 1.08 bits per heavy atom. The number of anilines is 1. The Morgan fingerprint density at radius 2 is 1.86 bits per heavy atom. The summed E-state index contributed by atoms with van der Waals surface area (Å²) in [5, 5.41) is 12.9. The highest BCUT2D eigenvalue weighted by Gasteiger charge is 2.19. The number of piperazine rings is 1. The molecule has 0 atom stereocenters. The molecule has 1 aliphatic heterocycles. The molecule has 0 spiro atoms. The number of aryl methyl sites for hydroxylation is 3. The topological polar surface area (TPSA) is 87.8 Å². The van der Waals surface area contributed by atoms with Gasteiger partial charge in [0.1, 0.15) is 5.82 Å². The van der Waals surface area contributed by atoms with E-state index in [0.717, 1.165) is 43.3 Å². The molecule has 0 aliphatic carbocycles. The molecule has 2 aromatic carbocycles. The average molecular weight is 508 g/mol. The van der Waals surface area contributed by atoms with E-state index in [-0.39, 0.29) is 11.5 Å². The Hall–Kier alpha value is -3.43. The van der Waals surface area contributed by atoms with Crippen molar-refractivity contribution in [3.05, 3.63) is 69.2 Å². The predicted molar refractivity (Wildman–Crippen MR) is 142 cm³/mol. The summed E-state index contributed by atoms with van der Waals surface area (Å²) < 4.78 is 3.36. The van der Waals surface area contributed by atoms with Crippen molar-refractivity contribution >= 4 is 39.9 Å². The normalized spacial score (nSPS) is 14.6. The number of carbonyl (C=O) groups is 1. The average Bonchev–Trinajstić information content (AvgIpc) is 3.32. The molecule has 0 saturated carbocycles. The van der Waals surface area contributed by atoms with Gasteiger partial charge >= 0.3 is 0 Å². The Bertz CT molecular complexity index is 1470. The van der Waals surface area contributed by atoms with Crippen LogP contribution in [-0.4, -0.2) is 69.2 Å². The lowest BCUT2D eigenvalue weighted by Gasteiger charge is -2.36. The third-order valence-corrected chi connectivity index (χ3v) is 7.14. The first kappa shape index (κ1) is 24.3. The van der Waals surface area contributed by atoms with Gasteiger partial charge in [0.05, 0.1) is 10.9 Å². The molecule has 1 amide bonds. The molecule has 1 fully saturated rings. The molecule has 36 heavy (non-hydrogen) atoms. The first-order valence-corrected chi connectivity index (χ1v) is 12.6. The lowest BCUT2D eigenvalue weighted by Crippen LogP contribution is -2.48. The maximum atomic E-state index is 12.6. The van der Waals surface area contributed by atoms with Crippen LogP contribution in [0.5, 0.6) is 0 Å². The van der Waals surface area contributed by atoms with Crippen LogP contribution in [0.3, 0.4) is 0 Å². The van der Waals surface area contributed by atoms with Crippen LogP contribution in [0.25, 0.3) is 16.7 Å². The van der Waals surface area contributed by atoms with E-state index in [9.17, 15) is 9.59 Å². The number of halogens is 1. The van der Waals surface area contributed by atoms with Crippen molar-refractivity contribution in [1.82, 2.24) is 29.4 Å². The molecule has 3 heterocycles. The number of benzene rings is 2. The van der Waals surface area contributed by atoms with Gasteiger partial charge < -0.3 is 10.2 Å². The van der Waals surface area contributed by atoms with E-state index in [2.05, 4.69) is 38.3 Å². The first-order valence-electron chi connectivity index (χ1n) is 12.2. The number of carbonyl (C=O) groups excluding carboxylic acids is 1. The van der Waals surface area contributed by atoms with Gasteiger partial charge in [-0.2, -0.15) is 0 Å². The SMILES string of the molecule is Cc1ccc(Cl)cc1N1CCN(CCNC(=O)CCc2nnc3n(C)c(=O)c4ccccc4n23)CC1. The van der Waals surface area contributed by atoms with Crippen molar-refractivity contribution < 1.29 is 4.79 Å². The molecule has 1 aliphatic rings. The van der Waals surface area contributed by atoms with Gasteiger partial charge in [-0.25, -0.2) is 0 Å². The molecule has 2 aromatic heterocycles. The number of fused-ring (bicyclic) bond motifs is 3. The fourth-order valence-corrected chi connectivity index (χ4v) is 5.02. The van der Waals surface area contributed by atoms with Gasteiger partial charge in [-0.1, -0.05) is 29.8 Å². The summed E-state index contributed by atoms with van der Waals surface area (Å²) in [6, 6.07) is 13.4. The highest BCUT2D eigenvalue weighted by atomic mass is 35.5. The van der Waals surface area contributed by atoms with Crippen molar-refractivity contribution in [2.45, 2.75) is 19.8 Å². The van der Waals surface area contributed by atoms with E-state index < -0.39 is 0 Å². The first-order chi connectivity index (χ1) is 17.4. The number of rotatable bonds is 7. The lowest BCUT2D eigenvalue weighted by molar-refractivity contribution is -0.121. The quantitative estimate of drug-likeness (QED) is 0.413. The maximum absolute atomic E-state index is 12.6. The number of aromatic nitrogens is 4. The number of hydrogen-bond donors (Lipinski definition) is 1. The predicted octanol–water partition coefficient (Wildman–Crippen LogP) is 2.41. The highest BCUT2D eigenvalue weighted by Crippen LogP contribution is 2.25. The summed E-state index contributed by atoms with van der Waals surface area (Å²) in [7, 11) is 1.69. The standard InChI is InChI=1S/C26H30ClN7O2/c1-18-7-8-19(27)17-22(18)33-15-13-32(14-16-33)12-11-28-24(35)10-9-23-29-30-26-31(2)25(36)20-5-3-4-6-21(20)34(23)26/h3-8,17H,9-16H2,1-2H3,(H,28,35). The van der Waals surface area contributed by atoms with E-state index in [4.69, 9.17) is 11.6 Å². The smallest absolute Gasteiger partial charge is 0.262 e. The van der Waals surface area contributed by atoms with Gasteiger partial charge in [0.15, 0.2) is 0 Å². The van der Waals surface area contributed by atoms with Gasteiger partial charge in [-0.3, -0.25) is 23.5 Å². The Balaban J connectivity index is 1.12. The van der Waals surface area contributed by atoms with Gasteiger partial charge in [-0.05, 0) is 36.8 Å². The zero-order chi connectivity index (χ0) is 25.2. The minimum atomic E-state index is -0.113. The van der Waals surface area contributed by atoms with E-state index in [0.29, 0.717) is 36.4 Å². The Labute approximate surface area is 214 Å². The second-order valence-corrected chi connectivity index (χ2v) is 9.68. The zero-order valence-electron chi connectivity index (χ0n) is 20.6. The van der Waals surface area contributed by atoms with Gasteiger partial charge in [-0.15, -0.1) is 10.2 Å². The molecule has 9 nitrogen and oxygen atoms in total. The van der Waals surface area contributed by atoms with Crippen LogP contribution in [-0.2, 0) is 18.3 Å². The second-order valence-electron chi connectivity index (χ2n) is 9.24. The van der Waals surface area contributed by atoms with E-state index in [1.54, 1.807) is 13.1 Å². The third-order valence-electron chi connectivity index (χ3n) is 6.90. The Morgan fingerprint density at radius 3 is 2.67 bits per heavy atom. The fraction of sp³-hybridized carbons (Fsp3) is 0.385. The van der Waals surface area contributed by atoms with Crippen molar-refractivity contribution in [2.75, 3.05) is 44.2 Å². The lowest BCUT2D eigenvalue weighted by atomic mass is 10.1. The molecule has 10 heteroatoms. The molecule has 0 radical (unpaired) electrons. The molecule has 1 saturated heterocycles. The number of para-hydroxylation sites is 1. The van der Waals surface area contributed by atoms with Crippen LogP contribution in [0.2, 0.25) is 5.02 Å². The summed E-state index contributed by atoms with van der Waals surface area (Å²) in [5.41, 5.74) is 3.07. The van der Waals surface area contributed by atoms with Crippen molar-refractivity contribution in [2.24, 2.45) is 7.05 Å². The number of hydrogen-bond acceptors (Lipinski definition) is 6. The summed E-state index contributed by atoms with van der Waals surface area (Å²) >= 11 is 6.19. The number of nitrogens with one attached hydrogen (secondary N) is 1. The Kier molecular flexibility index (Phi) is 6.93. The van der Waals surface area contributed by atoms with Crippen molar-refractivity contribution in [3.8, 4) is 0 Å². The van der Waals surface area contributed by atoms with Crippen LogP contribution >= 0.6 is 11.6 Å². The van der Waals surface area contributed by atoms with Gasteiger partial charge in [0.25, 0.3) is 5.56 Å². The summed E-state index contributed by atoms with van der Waals surface area (Å²) in [6.45, 7) is 7.29. The van der Waals surface area contributed by atoms with Crippen LogP contribution < -0.4 is 15.8 Å². The van der Waals surface area contributed by atoms with E-state index in [1.807, 2.05) is 34.7 Å². The molecule has 1 N–H and O–H groups in total. The molecular formula is C26H30ClN7O2. The van der Waals surface area contributed by atoms with Crippen molar-refractivity contribution in [1.29, 1.82) is 0 Å². The van der Waals surface area contributed by atoms with Gasteiger partial charge in [0, 0.05) is 69.9 Å². The van der Waals surface area contributed by atoms with Gasteiger partial charge in [0.2, 0.25) is 11.7 Å².